The van der Waals surface area contributed by atoms with E-state index in [4.69, 9.17) is 0 Å². The number of rotatable bonds is 0. The molecule has 0 aromatic carbocycles. The van der Waals surface area contributed by atoms with E-state index in [1.165, 1.54) is 44.9 Å². The van der Waals surface area contributed by atoms with Gasteiger partial charge >= 0.3 is 0 Å². The fourth-order valence-corrected chi connectivity index (χ4v) is 7.09. The van der Waals surface area contributed by atoms with Gasteiger partial charge in [0, 0.05) is 0 Å². The monoisotopic (exact) mass is 288 g/mol. The van der Waals surface area contributed by atoms with Gasteiger partial charge in [0.05, 0.1) is 6.10 Å². The third-order valence-electron chi connectivity index (χ3n) is 8.22. The van der Waals surface area contributed by atoms with Crippen LogP contribution in [0.3, 0.4) is 0 Å². The summed E-state index contributed by atoms with van der Waals surface area (Å²) in [7, 11) is 0. The molecule has 3 saturated carbocycles. The van der Waals surface area contributed by atoms with Crippen molar-refractivity contribution in [3.63, 3.8) is 0 Å². The predicted octanol–water partition coefficient (Wildman–Crippen LogP) is 5.09. The standard InChI is InChI=1S/C20H32O/c1-13-11-15-16-5-4-8-19(16,2)9-7-17(15)20(3)10-6-14(21)12-18(13)20/h14-17,21H,4-12H2,1-3H3/t14?,15-,16-,17-,19-,20+/m0/s1. The quantitative estimate of drug-likeness (QED) is 0.616. The van der Waals surface area contributed by atoms with Crippen LogP contribution in [0.15, 0.2) is 11.1 Å². The minimum atomic E-state index is -0.0695. The van der Waals surface area contributed by atoms with Gasteiger partial charge in [-0.2, -0.15) is 0 Å². The molecule has 0 radical (unpaired) electrons. The number of fused-ring (bicyclic) bond motifs is 5. The molecule has 0 spiro atoms. The first-order valence-corrected chi connectivity index (χ1v) is 9.31. The van der Waals surface area contributed by atoms with E-state index >= 15 is 0 Å². The largest absolute Gasteiger partial charge is 0.393 e. The molecule has 21 heavy (non-hydrogen) atoms. The van der Waals surface area contributed by atoms with Crippen molar-refractivity contribution in [3.05, 3.63) is 11.1 Å². The summed E-state index contributed by atoms with van der Waals surface area (Å²) in [5.41, 5.74) is 4.37. The maximum Gasteiger partial charge on any atom is 0.0577 e. The number of allylic oxidation sites excluding steroid dienone is 1. The molecule has 1 heteroatoms. The van der Waals surface area contributed by atoms with Crippen LogP contribution >= 0.6 is 0 Å². The van der Waals surface area contributed by atoms with Crippen LogP contribution < -0.4 is 0 Å². The molecular formula is C20H32O. The van der Waals surface area contributed by atoms with Gasteiger partial charge in [-0.15, -0.1) is 0 Å². The second kappa shape index (κ2) is 4.60. The summed E-state index contributed by atoms with van der Waals surface area (Å²) in [5, 5.41) is 10.1. The first-order valence-electron chi connectivity index (χ1n) is 9.31. The zero-order valence-corrected chi connectivity index (χ0v) is 14.1. The molecule has 0 saturated heterocycles. The van der Waals surface area contributed by atoms with Crippen LogP contribution in [0.5, 0.6) is 0 Å². The lowest BCUT2D eigenvalue weighted by Crippen LogP contribution is -2.50. The normalized spacial score (nSPS) is 53.1. The lowest BCUT2D eigenvalue weighted by Gasteiger charge is -2.58. The number of hydrogen-bond donors (Lipinski definition) is 1. The minimum absolute atomic E-state index is 0.0695. The van der Waals surface area contributed by atoms with Crippen LogP contribution in [0.25, 0.3) is 0 Å². The molecule has 0 amide bonds. The topological polar surface area (TPSA) is 20.2 Å². The highest BCUT2D eigenvalue weighted by Crippen LogP contribution is 2.65. The lowest BCUT2D eigenvalue weighted by molar-refractivity contribution is -0.0388. The number of hydrogen-bond acceptors (Lipinski definition) is 1. The summed E-state index contributed by atoms with van der Waals surface area (Å²) in [6, 6.07) is 0. The first-order chi connectivity index (χ1) is 9.94. The van der Waals surface area contributed by atoms with Crippen molar-refractivity contribution in [1.82, 2.24) is 0 Å². The maximum atomic E-state index is 10.1. The van der Waals surface area contributed by atoms with E-state index < -0.39 is 0 Å². The zero-order chi connectivity index (χ0) is 14.8. The van der Waals surface area contributed by atoms with Gasteiger partial charge < -0.3 is 5.11 Å². The van der Waals surface area contributed by atoms with E-state index in [0.717, 1.165) is 30.6 Å². The van der Waals surface area contributed by atoms with E-state index in [-0.39, 0.29) is 6.10 Å². The van der Waals surface area contributed by atoms with Crippen molar-refractivity contribution in [2.75, 3.05) is 0 Å². The molecule has 1 N–H and O–H groups in total. The minimum Gasteiger partial charge on any atom is -0.393 e. The van der Waals surface area contributed by atoms with Crippen molar-refractivity contribution in [3.8, 4) is 0 Å². The van der Waals surface area contributed by atoms with Crippen LogP contribution in [0.2, 0.25) is 0 Å². The van der Waals surface area contributed by atoms with Crippen molar-refractivity contribution >= 4 is 0 Å². The van der Waals surface area contributed by atoms with Crippen LogP contribution in [0.4, 0.5) is 0 Å². The summed E-state index contributed by atoms with van der Waals surface area (Å²) in [5.74, 6) is 2.83. The second-order valence-electron chi connectivity index (χ2n) is 9.24. The Labute approximate surface area is 130 Å². The molecule has 6 atom stereocenters. The Bertz CT molecular complexity index is 478. The highest BCUT2D eigenvalue weighted by molar-refractivity contribution is 5.30. The molecule has 118 valence electrons. The zero-order valence-electron chi connectivity index (χ0n) is 14.1. The summed E-state index contributed by atoms with van der Waals surface area (Å²) < 4.78 is 0. The molecule has 1 nitrogen and oxygen atoms in total. The van der Waals surface area contributed by atoms with Crippen molar-refractivity contribution in [1.29, 1.82) is 0 Å². The molecular weight excluding hydrogens is 256 g/mol. The van der Waals surface area contributed by atoms with Gasteiger partial charge in [0.25, 0.3) is 0 Å². The Morgan fingerprint density at radius 1 is 0.952 bits per heavy atom. The van der Waals surface area contributed by atoms with E-state index in [1.54, 1.807) is 11.1 Å². The third-order valence-corrected chi connectivity index (χ3v) is 8.22. The molecule has 4 rings (SSSR count). The Morgan fingerprint density at radius 3 is 2.57 bits per heavy atom. The summed E-state index contributed by atoms with van der Waals surface area (Å²) in [6.45, 7) is 7.51. The highest BCUT2D eigenvalue weighted by atomic mass is 16.3. The number of aliphatic hydroxyl groups is 1. The Balaban J connectivity index is 1.73. The first kappa shape index (κ1) is 14.3. The van der Waals surface area contributed by atoms with Crippen LogP contribution in [-0.2, 0) is 0 Å². The van der Waals surface area contributed by atoms with Crippen molar-refractivity contribution < 1.29 is 5.11 Å². The fraction of sp³-hybridized carbons (Fsp3) is 0.900. The fourth-order valence-electron chi connectivity index (χ4n) is 7.09. The summed E-state index contributed by atoms with van der Waals surface area (Å²) in [6.07, 6.45) is 11.8. The average molecular weight is 288 g/mol. The molecule has 0 bridgehead atoms. The SMILES string of the molecule is CC1=C2CC(O)CC[C@]2(C)[C@H]2CC[C@]3(C)CCC[C@H]3[C@@H]2C1. The van der Waals surface area contributed by atoms with Gasteiger partial charge in [-0.1, -0.05) is 31.4 Å². The molecule has 0 heterocycles. The molecule has 0 aromatic rings. The van der Waals surface area contributed by atoms with E-state index in [9.17, 15) is 5.11 Å². The van der Waals surface area contributed by atoms with Crippen molar-refractivity contribution in [2.24, 2.45) is 28.6 Å². The molecule has 4 aliphatic carbocycles. The summed E-state index contributed by atoms with van der Waals surface area (Å²) >= 11 is 0. The van der Waals surface area contributed by atoms with E-state index in [2.05, 4.69) is 20.8 Å². The molecule has 0 aliphatic heterocycles. The van der Waals surface area contributed by atoms with Crippen LogP contribution in [0.1, 0.15) is 78.6 Å². The van der Waals surface area contributed by atoms with Gasteiger partial charge in [0.1, 0.15) is 0 Å². The lowest BCUT2D eigenvalue weighted by atomic mass is 9.47. The van der Waals surface area contributed by atoms with Crippen molar-refractivity contribution in [2.45, 2.75) is 84.7 Å². The Kier molecular flexibility index (Phi) is 3.13. The summed E-state index contributed by atoms with van der Waals surface area (Å²) in [4.78, 5) is 0. The van der Waals surface area contributed by atoms with Gasteiger partial charge in [0.15, 0.2) is 0 Å². The Morgan fingerprint density at radius 2 is 1.76 bits per heavy atom. The molecule has 1 unspecified atom stereocenters. The van der Waals surface area contributed by atoms with Gasteiger partial charge in [-0.05, 0) is 86.9 Å². The van der Waals surface area contributed by atoms with E-state index in [1.807, 2.05) is 0 Å². The number of aliphatic hydroxyl groups excluding tert-OH is 1. The maximum absolute atomic E-state index is 10.1. The Hall–Kier alpha value is -0.300. The predicted molar refractivity (Wildman–Crippen MR) is 86.9 cm³/mol. The highest BCUT2D eigenvalue weighted by Gasteiger charge is 2.56. The average Bonchev–Trinajstić information content (AvgIpc) is 2.83. The van der Waals surface area contributed by atoms with Gasteiger partial charge in [-0.3, -0.25) is 0 Å². The van der Waals surface area contributed by atoms with Gasteiger partial charge in [0.2, 0.25) is 0 Å². The van der Waals surface area contributed by atoms with Crippen LogP contribution in [-0.4, -0.2) is 11.2 Å². The molecule has 4 aliphatic rings. The molecule has 0 aromatic heterocycles. The smallest absolute Gasteiger partial charge is 0.0577 e. The van der Waals surface area contributed by atoms with Crippen LogP contribution in [0, 0.1) is 28.6 Å². The van der Waals surface area contributed by atoms with Gasteiger partial charge in [-0.25, -0.2) is 0 Å². The third kappa shape index (κ3) is 1.92. The molecule has 3 fully saturated rings. The second-order valence-corrected chi connectivity index (χ2v) is 9.24. The van der Waals surface area contributed by atoms with E-state index in [0.29, 0.717) is 10.8 Å².